The van der Waals surface area contributed by atoms with Crippen molar-refractivity contribution in [2.75, 3.05) is 25.0 Å². The Hall–Kier alpha value is -1.85. The van der Waals surface area contributed by atoms with E-state index in [1.165, 1.54) is 23.1 Å². The highest BCUT2D eigenvalue weighted by molar-refractivity contribution is 14.1. The predicted molar refractivity (Wildman–Crippen MR) is 119 cm³/mol. The summed E-state index contributed by atoms with van der Waals surface area (Å²) in [6.45, 7) is 4.99. The molecule has 2 aromatic rings. The fourth-order valence-electron chi connectivity index (χ4n) is 3.72. The van der Waals surface area contributed by atoms with Gasteiger partial charge in [0.15, 0.2) is 11.6 Å². The summed E-state index contributed by atoms with van der Waals surface area (Å²) in [5.41, 5.74) is -1.42. The minimum absolute atomic E-state index is 0.0643. The van der Waals surface area contributed by atoms with Crippen LogP contribution in [-0.2, 0) is 0 Å². The van der Waals surface area contributed by atoms with E-state index in [0.717, 1.165) is 12.5 Å². The van der Waals surface area contributed by atoms with Gasteiger partial charge < -0.3 is 20.6 Å². The molecule has 0 aliphatic carbocycles. The van der Waals surface area contributed by atoms with Gasteiger partial charge in [-0.3, -0.25) is 4.79 Å². The lowest BCUT2D eigenvalue weighted by molar-refractivity contribution is -0.104. The second kappa shape index (κ2) is 9.11. The molecule has 1 unspecified atom stereocenters. The van der Waals surface area contributed by atoms with Crippen molar-refractivity contribution in [3.63, 3.8) is 0 Å². The average molecular weight is 534 g/mol. The summed E-state index contributed by atoms with van der Waals surface area (Å²) in [5.74, 6) is -3.57. The summed E-state index contributed by atoms with van der Waals surface area (Å²) in [4.78, 5) is 14.4. The Morgan fingerprint density at radius 1 is 1.20 bits per heavy atom. The lowest BCUT2D eigenvalue weighted by Crippen LogP contribution is -2.71. The first kappa shape index (κ1) is 22.8. The summed E-state index contributed by atoms with van der Waals surface area (Å²) in [7, 11) is 0. The molecule has 162 valence electrons. The zero-order valence-electron chi connectivity index (χ0n) is 16.7. The van der Waals surface area contributed by atoms with Crippen LogP contribution in [-0.4, -0.2) is 47.2 Å². The van der Waals surface area contributed by atoms with E-state index < -0.39 is 34.6 Å². The number of amides is 1. The second-order valence-electron chi connectivity index (χ2n) is 7.37. The molecule has 1 atom stereocenters. The summed E-state index contributed by atoms with van der Waals surface area (Å²) in [6.07, 6.45) is 0.740. The van der Waals surface area contributed by atoms with Crippen LogP contribution in [0.25, 0.3) is 0 Å². The maximum Gasteiger partial charge on any atom is 0.256 e. The molecule has 5 nitrogen and oxygen atoms in total. The van der Waals surface area contributed by atoms with Crippen LogP contribution >= 0.6 is 22.6 Å². The molecule has 9 heteroatoms. The Kier molecular flexibility index (Phi) is 6.93. The smallest absolute Gasteiger partial charge is 0.256 e. The van der Waals surface area contributed by atoms with E-state index in [-0.39, 0.29) is 30.4 Å². The third kappa shape index (κ3) is 4.42. The van der Waals surface area contributed by atoms with Crippen LogP contribution in [0.4, 0.5) is 24.5 Å². The fraction of sp³-hybridized carbons (Fsp3) is 0.381. The van der Waals surface area contributed by atoms with Gasteiger partial charge in [0.2, 0.25) is 5.60 Å². The van der Waals surface area contributed by atoms with Gasteiger partial charge in [-0.15, -0.1) is 0 Å². The van der Waals surface area contributed by atoms with E-state index in [2.05, 4.69) is 10.6 Å². The summed E-state index contributed by atoms with van der Waals surface area (Å²) in [6, 6.07) is 6.24. The third-order valence-electron chi connectivity index (χ3n) is 5.28. The number of hydrogen-bond donors (Lipinski definition) is 2. The number of rotatable bonds is 7. The lowest BCUT2D eigenvalue weighted by Gasteiger charge is -2.46. The number of halogens is 4. The van der Waals surface area contributed by atoms with Crippen molar-refractivity contribution in [1.82, 2.24) is 10.2 Å². The molecule has 2 aromatic carbocycles. The Labute approximate surface area is 186 Å². The molecule has 3 rings (SSSR count). The Balaban J connectivity index is 1.86. The molecule has 0 bridgehead atoms. The highest BCUT2D eigenvalue weighted by Crippen LogP contribution is 2.33. The number of nitrogens with one attached hydrogen (secondary N) is 2. The van der Waals surface area contributed by atoms with Gasteiger partial charge in [-0.05, 0) is 65.9 Å². The number of hydrogen-bond acceptors (Lipinski definition) is 3. The highest BCUT2D eigenvalue weighted by Gasteiger charge is 2.53. The molecule has 0 radical (unpaired) electrons. The fourth-order valence-corrected chi connectivity index (χ4v) is 4.18. The lowest BCUT2D eigenvalue weighted by atomic mass is 9.84. The van der Waals surface area contributed by atoms with Gasteiger partial charge in [-0.25, -0.2) is 13.2 Å². The van der Waals surface area contributed by atoms with Gasteiger partial charge in [0.05, 0.1) is 36.1 Å². The Morgan fingerprint density at radius 3 is 2.50 bits per heavy atom. The summed E-state index contributed by atoms with van der Waals surface area (Å²) >= 11 is 1.94. The van der Waals surface area contributed by atoms with Gasteiger partial charge in [0.1, 0.15) is 5.82 Å². The highest BCUT2D eigenvalue weighted by atomic mass is 127. The molecule has 0 spiro atoms. The minimum Gasteiger partial charge on any atom is -0.437 e. The number of nitrogens with zero attached hydrogens (tertiary/aromatic N) is 1. The molecule has 4 N–H and O–H groups in total. The minimum atomic E-state index is -1.25. The number of carbonyl (C=O) groups excluding carboxylic acids is 1. The first-order valence-electron chi connectivity index (χ1n) is 9.68. The van der Waals surface area contributed by atoms with Crippen LogP contribution < -0.4 is 10.6 Å². The molecular weight excluding hydrogens is 510 g/mol. The number of carbonyl (C=O) groups is 1. The molecule has 0 saturated carbocycles. The molecule has 1 aliphatic rings. The van der Waals surface area contributed by atoms with Crippen molar-refractivity contribution in [3.8, 4) is 0 Å². The maximum atomic E-state index is 14.6. The molecule has 0 aromatic heterocycles. The van der Waals surface area contributed by atoms with E-state index in [4.69, 9.17) is 5.11 Å². The third-order valence-corrected chi connectivity index (χ3v) is 5.95. The predicted octanol–water partition coefficient (Wildman–Crippen LogP) is 3.76. The van der Waals surface area contributed by atoms with Gasteiger partial charge in [-0.2, -0.15) is 0 Å². The number of benzene rings is 2. The normalized spacial score (nSPS) is 16.2. The van der Waals surface area contributed by atoms with E-state index in [1.807, 2.05) is 36.4 Å². The maximum absolute atomic E-state index is 14.6. The van der Waals surface area contributed by atoms with Crippen LogP contribution in [0, 0.1) is 21.0 Å². The molecule has 1 saturated heterocycles. The van der Waals surface area contributed by atoms with Crippen molar-refractivity contribution < 1.29 is 23.1 Å². The SMILES string of the molecule is CCNC(CC)C1([OH2+])CN(C(=O)c2ccc(F)c(F)c2Nc2ccc(I)cc2F)C1. The van der Waals surface area contributed by atoms with Crippen molar-refractivity contribution in [3.05, 3.63) is 56.9 Å². The summed E-state index contributed by atoms with van der Waals surface area (Å²) < 4.78 is 43.3. The Bertz CT molecular complexity index is 951. The van der Waals surface area contributed by atoms with Crippen molar-refractivity contribution in [2.24, 2.45) is 0 Å². The van der Waals surface area contributed by atoms with Crippen LogP contribution in [0.15, 0.2) is 30.3 Å². The summed E-state index contributed by atoms with van der Waals surface area (Å²) in [5, 5.41) is 14.4. The second-order valence-corrected chi connectivity index (χ2v) is 8.61. The first-order valence-corrected chi connectivity index (χ1v) is 10.8. The van der Waals surface area contributed by atoms with Crippen molar-refractivity contribution in [2.45, 2.75) is 31.9 Å². The van der Waals surface area contributed by atoms with Crippen molar-refractivity contribution in [1.29, 1.82) is 0 Å². The monoisotopic (exact) mass is 534 g/mol. The van der Waals surface area contributed by atoms with E-state index >= 15 is 0 Å². The van der Waals surface area contributed by atoms with Crippen LogP contribution in [0.3, 0.4) is 0 Å². The van der Waals surface area contributed by atoms with Gasteiger partial charge >= 0.3 is 0 Å². The number of anilines is 2. The van der Waals surface area contributed by atoms with E-state index in [9.17, 15) is 18.0 Å². The molecule has 1 heterocycles. The molecule has 30 heavy (non-hydrogen) atoms. The van der Waals surface area contributed by atoms with Crippen LogP contribution in [0.2, 0.25) is 0 Å². The number of likely N-dealkylation sites (N-methyl/N-ethyl adjacent to an activating group) is 1. The number of likely N-dealkylation sites (tertiary alicyclic amines) is 1. The van der Waals surface area contributed by atoms with Gasteiger partial charge in [-0.1, -0.05) is 13.8 Å². The van der Waals surface area contributed by atoms with Crippen molar-refractivity contribution >= 4 is 39.9 Å². The molecular formula is C21H24F3IN3O2+. The van der Waals surface area contributed by atoms with Crippen LogP contribution in [0.5, 0.6) is 0 Å². The zero-order valence-corrected chi connectivity index (χ0v) is 18.8. The van der Waals surface area contributed by atoms with Gasteiger partial charge in [0.25, 0.3) is 5.91 Å². The first-order chi connectivity index (χ1) is 14.2. The Morgan fingerprint density at radius 2 is 1.90 bits per heavy atom. The van der Waals surface area contributed by atoms with Gasteiger partial charge in [0, 0.05) is 3.57 Å². The standard InChI is InChI=1S/C21H23F3IN3O2/c1-3-17(26-4-2)21(30)10-28(11-21)20(29)13-6-7-14(22)18(24)19(13)27-16-8-5-12(25)9-15(16)23/h5-9,17,26-27,30H,3-4,10-11H2,1-2H3/p+1. The molecule has 1 fully saturated rings. The zero-order chi connectivity index (χ0) is 22.1. The average Bonchev–Trinajstić information content (AvgIpc) is 2.68. The molecule has 1 amide bonds. The molecule has 1 aliphatic heterocycles. The van der Waals surface area contributed by atoms with E-state index in [1.54, 1.807) is 6.07 Å². The topological polar surface area (TPSA) is 67.3 Å². The van der Waals surface area contributed by atoms with E-state index in [0.29, 0.717) is 10.1 Å². The largest absolute Gasteiger partial charge is 0.437 e. The van der Waals surface area contributed by atoms with Crippen LogP contribution in [0.1, 0.15) is 30.6 Å². The quantitative estimate of drug-likeness (QED) is 0.420.